The highest BCUT2D eigenvalue weighted by Crippen LogP contribution is 2.25. The minimum absolute atomic E-state index is 0.0325. The van der Waals surface area contributed by atoms with Gasteiger partial charge in [-0.2, -0.15) is 0 Å². The number of carbonyl (C=O) groups excluding carboxylic acids is 1. The minimum atomic E-state index is -0.692. The number of likely N-dealkylation sites (tertiary alicyclic amines) is 1. The summed E-state index contributed by atoms with van der Waals surface area (Å²) in [5, 5.41) is 10.3. The van der Waals surface area contributed by atoms with E-state index in [1.54, 1.807) is 0 Å². The highest BCUT2D eigenvalue weighted by atomic mass is 19.1. The predicted molar refractivity (Wildman–Crippen MR) is 109 cm³/mol. The second-order valence-electron chi connectivity index (χ2n) is 8.45. The molecule has 4 rings (SSSR count). The Bertz CT molecular complexity index is 672. The number of carbonyl (C=O) groups is 1. The third kappa shape index (κ3) is 5.08. The number of aliphatic hydroxyl groups excluding tert-OH is 1. The molecule has 3 aliphatic heterocycles. The van der Waals surface area contributed by atoms with Crippen LogP contribution in [-0.2, 0) is 9.53 Å². The standard InChI is InChI=1S/C22H32FN3O3/c23-17-3-5-18(6-4-17)25-15-13-24(14-16-25)12-9-19-7-8-20(27)21(29-19)22(28)26-10-1-2-11-26/h3-6,19-21,27H,1-2,7-16H2. The smallest absolute Gasteiger partial charge is 0.254 e. The van der Waals surface area contributed by atoms with Crippen molar-refractivity contribution in [3.8, 4) is 0 Å². The van der Waals surface area contributed by atoms with E-state index >= 15 is 0 Å². The molecule has 0 bridgehead atoms. The van der Waals surface area contributed by atoms with E-state index in [1.807, 2.05) is 17.0 Å². The van der Waals surface area contributed by atoms with Gasteiger partial charge in [0, 0.05) is 51.5 Å². The fourth-order valence-electron chi connectivity index (χ4n) is 4.63. The van der Waals surface area contributed by atoms with Crippen LogP contribution < -0.4 is 4.90 Å². The second-order valence-corrected chi connectivity index (χ2v) is 8.45. The van der Waals surface area contributed by atoms with Crippen LogP contribution in [0.25, 0.3) is 0 Å². The van der Waals surface area contributed by atoms with Gasteiger partial charge in [-0.1, -0.05) is 0 Å². The van der Waals surface area contributed by atoms with E-state index in [1.165, 1.54) is 12.1 Å². The van der Waals surface area contributed by atoms with Crippen LogP contribution in [-0.4, -0.2) is 84.9 Å². The van der Waals surface area contributed by atoms with Crippen molar-refractivity contribution in [3.63, 3.8) is 0 Å². The van der Waals surface area contributed by atoms with Crippen molar-refractivity contribution in [2.24, 2.45) is 0 Å². The molecule has 3 aliphatic rings. The molecular formula is C22H32FN3O3. The number of piperazine rings is 1. The Labute approximate surface area is 172 Å². The molecule has 0 aliphatic carbocycles. The number of halogens is 1. The first-order valence-electron chi connectivity index (χ1n) is 11.0. The fourth-order valence-corrected chi connectivity index (χ4v) is 4.63. The number of anilines is 1. The molecule has 3 fully saturated rings. The largest absolute Gasteiger partial charge is 0.390 e. The number of hydrogen-bond donors (Lipinski definition) is 1. The molecule has 1 aromatic carbocycles. The minimum Gasteiger partial charge on any atom is -0.390 e. The lowest BCUT2D eigenvalue weighted by Gasteiger charge is -2.38. The molecule has 0 saturated carbocycles. The number of nitrogens with zero attached hydrogens (tertiary/aromatic N) is 3. The third-order valence-electron chi connectivity index (χ3n) is 6.47. The number of hydrogen-bond acceptors (Lipinski definition) is 5. The summed E-state index contributed by atoms with van der Waals surface area (Å²) in [7, 11) is 0. The monoisotopic (exact) mass is 405 g/mol. The fraction of sp³-hybridized carbons (Fsp3) is 0.682. The van der Waals surface area contributed by atoms with Gasteiger partial charge in [-0.3, -0.25) is 9.69 Å². The van der Waals surface area contributed by atoms with Gasteiger partial charge in [-0.15, -0.1) is 0 Å². The van der Waals surface area contributed by atoms with Crippen molar-refractivity contribution >= 4 is 11.6 Å². The molecule has 0 radical (unpaired) electrons. The number of rotatable bonds is 5. The van der Waals surface area contributed by atoms with E-state index in [0.717, 1.165) is 77.2 Å². The molecule has 0 aromatic heterocycles. The Balaban J connectivity index is 1.22. The van der Waals surface area contributed by atoms with Gasteiger partial charge in [0.25, 0.3) is 5.91 Å². The van der Waals surface area contributed by atoms with Crippen molar-refractivity contribution in [3.05, 3.63) is 30.1 Å². The normalized spacial score (nSPS) is 28.7. The zero-order valence-corrected chi connectivity index (χ0v) is 17.0. The van der Waals surface area contributed by atoms with Crippen molar-refractivity contribution in [1.82, 2.24) is 9.80 Å². The van der Waals surface area contributed by atoms with Gasteiger partial charge in [0.05, 0.1) is 12.2 Å². The predicted octanol–water partition coefficient (Wildman–Crippen LogP) is 1.87. The molecule has 3 heterocycles. The lowest BCUT2D eigenvalue weighted by Crippen LogP contribution is -2.51. The first-order chi connectivity index (χ1) is 14.1. The van der Waals surface area contributed by atoms with Crippen LogP contribution >= 0.6 is 0 Å². The second kappa shape index (κ2) is 9.41. The number of aliphatic hydroxyl groups is 1. The Morgan fingerprint density at radius 1 is 1.03 bits per heavy atom. The molecule has 1 aromatic rings. The molecule has 160 valence electrons. The van der Waals surface area contributed by atoms with Crippen molar-refractivity contribution in [1.29, 1.82) is 0 Å². The Hall–Kier alpha value is -1.70. The number of ether oxygens (including phenoxy) is 1. The Kier molecular flexibility index (Phi) is 6.67. The molecule has 29 heavy (non-hydrogen) atoms. The highest BCUT2D eigenvalue weighted by molar-refractivity contribution is 5.82. The Morgan fingerprint density at radius 2 is 1.72 bits per heavy atom. The quantitative estimate of drug-likeness (QED) is 0.811. The number of amides is 1. The van der Waals surface area contributed by atoms with E-state index in [4.69, 9.17) is 4.74 Å². The van der Waals surface area contributed by atoms with Gasteiger partial charge in [0.15, 0.2) is 6.10 Å². The molecule has 1 amide bonds. The summed E-state index contributed by atoms with van der Waals surface area (Å²) in [6.07, 6.45) is 3.07. The average Bonchev–Trinajstić information content (AvgIpc) is 3.29. The first-order valence-corrected chi connectivity index (χ1v) is 11.0. The van der Waals surface area contributed by atoms with Gasteiger partial charge >= 0.3 is 0 Å². The van der Waals surface area contributed by atoms with Crippen LogP contribution in [0.15, 0.2) is 24.3 Å². The van der Waals surface area contributed by atoms with E-state index in [2.05, 4.69) is 9.80 Å². The maximum atomic E-state index is 13.1. The summed E-state index contributed by atoms with van der Waals surface area (Å²) in [6, 6.07) is 6.69. The molecule has 3 unspecified atom stereocenters. The maximum Gasteiger partial charge on any atom is 0.254 e. The molecule has 0 spiro atoms. The SMILES string of the molecule is O=C(C1OC(CCN2CCN(c3ccc(F)cc3)CC2)CCC1O)N1CCCC1. The lowest BCUT2D eigenvalue weighted by molar-refractivity contribution is -0.167. The highest BCUT2D eigenvalue weighted by Gasteiger charge is 2.38. The van der Waals surface area contributed by atoms with Crippen LogP contribution in [0.5, 0.6) is 0 Å². The van der Waals surface area contributed by atoms with Crippen molar-refractivity contribution < 1.29 is 19.0 Å². The van der Waals surface area contributed by atoms with E-state index in [-0.39, 0.29) is 17.8 Å². The van der Waals surface area contributed by atoms with Gasteiger partial charge in [0.2, 0.25) is 0 Å². The molecule has 3 saturated heterocycles. The van der Waals surface area contributed by atoms with Crippen molar-refractivity contribution in [2.45, 2.75) is 50.4 Å². The molecule has 1 N–H and O–H groups in total. The molecular weight excluding hydrogens is 373 g/mol. The topological polar surface area (TPSA) is 56.3 Å². The number of benzene rings is 1. The average molecular weight is 406 g/mol. The first kappa shape index (κ1) is 20.6. The van der Waals surface area contributed by atoms with Crippen LogP contribution in [0, 0.1) is 5.82 Å². The van der Waals surface area contributed by atoms with Crippen LogP contribution in [0.2, 0.25) is 0 Å². The van der Waals surface area contributed by atoms with Crippen LogP contribution in [0.1, 0.15) is 32.1 Å². The lowest BCUT2D eigenvalue weighted by atomic mass is 9.98. The summed E-state index contributed by atoms with van der Waals surface area (Å²) in [5.41, 5.74) is 1.07. The molecule has 3 atom stereocenters. The van der Waals surface area contributed by atoms with Crippen LogP contribution in [0.4, 0.5) is 10.1 Å². The summed E-state index contributed by atoms with van der Waals surface area (Å²) in [5.74, 6) is -0.237. The van der Waals surface area contributed by atoms with Gasteiger partial charge in [-0.05, 0) is 56.4 Å². The van der Waals surface area contributed by atoms with E-state index in [9.17, 15) is 14.3 Å². The third-order valence-corrected chi connectivity index (χ3v) is 6.47. The van der Waals surface area contributed by atoms with Crippen LogP contribution in [0.3, 0.4) is 0 Å². The summed E-state index contributed by atoms with van der Waals surface area (Å²) in [6.45, 7) is 6.27. The van der Waals surface area contributed by atoms with Gasteiger partial charge < -0.3 is 19.6 Å². The van der Waals surface area contributed by atoms with Gasteiger partial charge in [-0.25, -0.2) is 4.39 Å². The van der Waals surface area contributed by atoms with Crippen molar-refractivity contribution in [2.75, 3.05) is 50.7 Å². The molecule has 7 heteroatoms. The maximum absolute atomic E-state index is 13.1. The zero-order valence-electron chi connectivity index (χ0n) is 17.0. The van der Waals surface area contributed by atoms with E-state index < -0.39 is 12.2 Å². The Morgan fingerprint density at radius 3 is 2.41 bits per heavy atom. The van der Waals surface area contributed by atoms with E-state index in [0.29, 0.717) is 6.42 Å². The summed E-state index contributed by atoms with van der Waals surface area (Å²) < 4.78 is 19.2. The molecule has 6 nitrogen and oxygen atoms in total. The van der Waals surface area contributed by atoms with Gasteiger partial charge in [0.1, 0.15) is 5.82 Å². The zero-order chi connectivity index (χ0) is 20.2. The summed E-state index contributed by atoms with van der Waals surface area (Å²) >= 11 is 0. The summed E-state index contributed by atoms with van der Waals surface area (Å²) in [4.78, 5) is 19.2.